The van der Waals surface area contributed by atoms with Crippen molar-refractivity contribution < 1.29 is 0 Å². The van der Waals surface area contributed by atoms with Gasteiger partial charge in [0.15, 0.2) is 0 Å². The summed E-state index contributed by atoms with van der Waals surface area (Å²) in [6.45, 7) is 8.81. The monoisotopic (exact) mass is 282 g/mol. The summed E-state index contributed by atoms with van der Waals surface area (Å²) in [6.07, 6.45) is 9.92. The summed E-state index contributed by atoms with van der Waals surface area (Å²) in [5.41, 5.74) is 4.94. The first-order chi connectivity index (χ1) is 9.92. The average molecular weight is 282 g/mol. The third-order valence-electron chi connectivity index (χ3n) is 4.37. The van der Waals surface area contributed by atoms with Crippen LogP contribution in [0.5, 0.6) is 0 Å². The maximum Gasteiger partial charge on any atom is 0.0949 e. The van der Waals surface area contributed by atoms with Gasteiger partial charge >= 0.3 is 0 Å². The molecule has 1 aliphatic carbocycles. The van der Waals surface area contributed by atoms with Crippen LogP contribution in [-0.2, 0) is 0 Å². The van der Waals surface area contributed by atoms with Crippen LogP contribution in [0.15, 0.2) is 34.4 Å². The Morgan fingerprint density at radius 3 is 2.62 bits per heavy atom. The maximum atomic E-state index is 9.25. The lowest BCUT2D eigenvalue weighted by Gasteiger charge is -2.33. The molecule has 2 heteroatoms. The molecule has 2 nitrogen and oxygen atoms in total. The van der Waals surface area contributed by atoms with Crippen molar-refractivity contribution in [1.29, 1.82) is 10.5 Å². The Kier molecular flexibility index (Phi) is 6.44. The Labute approximate surface area is 129 Å². The molecule has 0 saturated carbocycles. The predicted octanol–water partition coefficient (Wildman–Crippen LogP) is 5.60. The molecule has 21 heavy (non-hydrogen) atoms. The first-order valence-electron chi connectivity index (χ1n) is 7.77. The first kappa shape index (κ1) is 17.3. The molecule has 112 valence electrons. The zero-order valence-corrected chi connectivity index (χ0v) is 13.8. The van der Waals surface area contributed by atoms with E-state index in [2.05, 4.69) is 45.1 Å². The number of rotatable bonds is 5. The fraction of sp³-hybridized carbons (Fsp3) is 0.579. The molecule has 0 aromatic heterocycles. The Hall–Kier alpha value is -1.80. The highest BCUT2D eigenvalue weighted by Crippen LogP contribution is 2.40. The second-order valence-corrected chi connectivity index (χ2v) is 6.55. The quantitative estimate of drug-likeness (QED) is 0.374. The van der Waals surface area contributed by atoms with Crippen LogP contribution in [0.2, 0.25) is 0 Å². The van der Waals surface area contributed by atoms with Gasteiger partial charge in [-0.05, 0) is 62.5 Å². The molecular weight excluding hydrogens is 256 g/mol. The minimum atomic E-state index is 0.229. The van der Waals surface area contributed by atoms with Crippen LogP contribution in [0.1, 0.15) is 66.2 Å². The van der Waals surface area contributed by atoms with E-state index in [0.717, 1.165) is 17.6 Å². The predicted molar refractivity (Wildman–Crippen MR) is 87.2 cm³/mol. The SMILES string of the molecule is CC1=C(/C=C/C(C)=C(/C#N)CCCC#N)C(C)(C)CCC1. The van der Waals surface area contributed by atoms with Crippen molar-refractivity contribution in [2.45, 2.75) is 66.2 Å². The summed E-state index contributed by atoms with van der Waals surface area (Å²) in [7, 11) is 0. The van der Waals surface area contributed by atoms with Crippen molar-refractivity contribution in [2.75, 3.05) is 0 Å². The molecule has 0 saturated heterocycles. The normalized spacial score (nSPS) is 19.1. The lowest BCUT2D eigenvalue weighted by atomic mass is 9.72. The van der Waals surface area contributed by atoms with Gasteiger partial charge in [0.05, 0.1) is 12.1 Å². The van der Waals surface area contributed by atoms with Crippen LogP contribution in [0, 0.1) is 28.1 Å². The largest absolute Gasteiger partial charge is 0.198 e. The van der Waals surface area contributed by atoms with Gasteiger partial charge < -0.3 is 0 Å². The van der Waals surface area contributed by atoms with Gasteiger partial charge in [-0.15, -0.1) is 0 Å². The average Bonchev–Trinajstić information content (AvgIpc) is 2.42. The Bertz CT molecular complexity index is 545. The second-order valence-electron chi connectivity index (χ2n) is 6.55. The number of nitrogens with zero attached hydrogens (tertiary/aromatic N) is 2. The van der Waals surface area contributed by atoms with E-state index in [1.54, 1.807) is 0 Å². The van der Waals surface area contributed by atoms with Crippen molar-refractivity contribution >= 4 is 0 Å². The van der Waals surface area contributed by atoms with Crippen LogP contribution in [0.4, 0.5) is 0 Å². The first-order valence-corrected chi connectivity index (χ1v) is 7.77. The minimum Gasteiger partial charge on any atom is -0.198 e. The van der Waals surface area contributed by atoms with Crippen molar-refractivity contribution in [1.82, 2.24) is 0 Å². The zero-order valence-electron chi connectivity index (χ0n) is 13.8. The van der Waals surface area contributed by atoms with E-state index in [-0.39, 0.29) is 5.41 Å². The highest BCUT2D eigenvalue weighted by Gasteiger charge is 2.26. The van der Waals surface area contributed by atoms with Gasteiger partial charge in [0.25, 0.3) is 0 Å². The molecule has 0 bridgehead atoms. The van der Waals surface area contributed by atoms with Crippen molar-refractivity contribution in [3.63, 3.8) is 0 Å². The molecule has 0 spiro atoms. The molecule has 0 fully saturated rings. The lowest BCUT2D eigenvalue weighted by molar-refractivity contribution is 0.377. The van der Waals surface area contributed by atoms with Gasteiger partial charge in [-0.25, -0.2) is 0 Å². The molecule has 0 aromatic carbocycles. The van der Waals surface area contributed by atoms with Crippen molar-refractivity contribution in [3.05, 3.63) is 34.4 Å². The molecule has 1 rings (SSSR count). The van der Waals surface area contributed by atoms with Crippen LogP contribution in [-0.4, -0.2) is 0 Å². The van der Waals surface area contributed by atoms with Gasteiger partial charge in [-0.2, -0.15) is 10.5 Å². The summed E-state index contributed by atoms with van der Waals surface area (Å²) >= 11 is 0. The fourth-order valence-corrected chi connectivity index (χ4v) is 3.00. The standard InChI is InChI=1S/C19H26N2/c1-15(17(14-21)9-5-6-13-20)10-11-18-16(2)8-7-12-19(18,3)4/h10-11H,5-9,12H2,1-4H3/b11-10+,17-15+. The van der Waals surface area contributed by atoms with Gasteiger partial charge in [0.2, 0.25) is 0 Å². The van der Waals surface area contributed by atoms with Crippen molar-refractivity contribution in [3.8, 4) is 12.1 Å². The second kappa shape index (κ2) is 7.84. The molecule has 1 aliphatic rings. The van der Waals surface area contributed by atoms with E-state index in [1.165, 1.54) is 30.4 Å². The molecule has 0 N–H and O–H groups in total. The summed E-state index contributed by atoms with van der Waals surface area (Å²) < 4.78 is 0. The summed E-state index contributed by atoms with van der Waals surface area (Å²) in [5.74, 6) is 0. The molecule has 0 atom stereocenters. The van der Waals surface area contributed by atoms with Gasteiger partial charge in [-0.3, -0.25) is 0 Å². The molecule has 0 aromatic rings. The van der Waals surface area contributed by atoms with Gasteiger partial charge in [0, 0.05) is 12.0 Å². The van der Waals surface area contributed by atoms with Gasteiger partial charge in [-0.1, -0.05) is 31.6 Å². The fourth-order valence-electron chi connectivity index (χ4n) is 3.00. The number of unbranched alkanes of at least 4 members (excludes halogenated alkanes) is 1. The van der Waals surface area contributed by atoms with E-state index in [1.807, 2.05) is 6.92 Å². The zero-order chi connectivity index (χ0) is 15.9. The highest BCUT2D eigenvalue weighted by atomic mass is 14.3. The summed E-state index contributed by atoms with van der Waals surface area (Å²) in [5, 5.41) is 17.8. The number of hydrogen-bond donors (Lipinski definition) is 0. The van der Waals surface area contributed by atoms with Crippen molar-refractivity contribution in [2.24, 2.45) is 5.41 Å². The van der Waals surface area contributed by atoms with Gasteiger partial charge in [0.1, 0.15) is 0 Å². The summed E-state index contributed by atoms with van der Waals surface area (Å²) in [4.78, 5) is 0. The smallest absolute Gasteiger partial charge is 0.0949 e. The van der Waals surface area contributed by atoms with Crippen LogP contribution < -0.4 is 0 Å². The van der Waals surface area contributed by atoms with E-state index < -0.39 is 0 Å². The van der Waals surface area contributed by atoms with Crippen LogP contribution in [0.25, 0.3) is 0 Å². The van der Waals surface area contributed by atoms with Crippen LogP contribution in [0.3, 0.4) is 0 Å². The summed E-state index contributed by atoms with van der Waals surface area (Å²) in [6, 6.07) is 4.41. The molecule has 0 radical (unpaired) electrons. The highest BCUT2D eigenvalue weighted by molar-refractivity contribution is 5.40. The minimum absolute atomic E-state index is 0.229. The number of nitriles is 2. The van der Waals surface area contributed by atoms with E-state index in [4.69, 9.17) is 5.26 Å². The van der Waals surface area contributed by atoms with E-state index in [9.17, 15) is 5.26 Å². The molecule has 0 amide bonds. The molecule has 0 unspecified atom stereocenters. The Balaban J connectivity index is 2.92. The Morgan fingerprint density at radius 1 is 1.33 bits per heavy atom. The van der Waals surface area contributed by atoms with Crippen LogP contribution >= 0.6 is 0 Å². The molecule has 0 aliphatic heterocycles. The third kappa shape index (κ3) is 4.91. The third-order valence-corrected chi connectivity index (χ3v) is 4.37. The number of hydrogen-bond acceptors (Lipinski definition) is 2. The Morgan fingerprint density at radius 2 is 2.05 bits per heavy atom. The molecule has 0 heterocycles. The maximum absolute atomic E-state index is 9.25. The molecular formula is C19H26N2. The van der Waals surface area contributed by atoms with E-state index >= 15 is 0 Å². The topological polar surface area (TPSA) is 47.6 Å². The lowest BCUT2D eigenvalue weighted by Crippen LogP contribution is -2.19. The number of allylic oxidation sites excluding steroid dienone is 6. The van der Waals surface area contributed by atoms with E-state index in [0.29, 0.717) is 12.8 Å².